The molecule has 2 N–H and O–H groups in total. The van der Waals surface area contributed by atoms with Crippen molar-refractivity contribution in [2.24, 2.45) is 0 Å². The number of amides is 2. The first-order valence-corrected chi connectivity index (χ1v) is 7.00. The number of benzene rings is 1. The molecular weight excluding hydrogens is 286 g/mol. The number of hydrogen-bond donors (Lipinski definition) is 2. The lowest BCUT2D eigenvalue weighted by Crippen LogP contribution is -2.36. The van der Waals surface area contributed by atoms with Crippen LogP contribution in [-0.2, 0) is 10.2 Å². The third-order valence-electron chi connectivity index (χ3n) is 3.05. The van der Waals surface area contributed by atoms with Crippen molar-refractivity contribution < 1.29 is 14.5 Å². The lowest BCUT2D eigenvalue weighted by molar-refractivity contribution is -0.386. The highest BCUT2D eigenvalue weighted by atomic mass is 16.6. The third kappa shape index (κ3) is 4.54. The lowest BCUT2D eigenvalue weighted by atomic mass is 9.85. The number of hydrogen-bond acceptors (Lipinski definition) is 4. The van der Waals surface area contributed by atoms with Crippen LogP contribution >= 0.6 is 0 Å². The normalized spacial score (nSPS) is 10.9. The van der Waals surface area contributed by atoms with Crippen molar-refractivity contribution in [1.29, 1.82) is 0 Å². The molecule has 22 heavy (non-hydrogen) atoms. The van der Waals surface area contributed by atoms with Gasteiger partial charge in [0.05, 0.1) is 11.5 Å². The van der Waals surface area contributed by atoms with Crippen molar-refractivity contribution in [2.75, 3.05) is 13.1 Å². The second-order valence-corrected chi connectivity index (χ2v) is 5.88. The largest absolute Gasteiger partial charge is 0.355 e. The Morgan fingerprint density at radius 1 is 1.23 bits per heavy atom. The fourth-order valence-corrected chi connectivity index (χ4v) is 1.98. The Bertz CT molecular complexity index is 591. The van der Waals surface area contributed by atoms with Gasteiger partial charge in [0.2, 0.25) is 5.91 Å². The highest BCUT2D eigenvalue weighted by Crippen LogP contribution is 2.31. The molecule has 0 radical (unpaired) electrons. The summed E-state index contributed by atoms with van der Waals surface area (Å²) in [6.07, 6.45) is 0. The molecule has 7 nitrogen and oxygen atoms in total. The smallest absolute Gasteiger partial charge is 0.273 e. The Morgan fingerprint density at radius 3 is 2.36 bits per heavy atom. The van der Waals surface area contributed by atoms with Gasteiger partial charge < -0.3 is 10.6 Å². The van der Waals surface area contributed by atoms with Crippen LogP contribution in [0.4, 0.5) is 5.69 Å². The summed E-state index contributed by atoms with van der Waals surface area (Å²) in [4.78, 5) is 34.0. The van der Waals surface area contributed by atoms with E-state index in [1.165, 1.54) is 12.1 Å². The van der Waals surface area contributed by atoms with Crippen molar-refractivity contribution in [3.63, 3.8) is 0 Å². The minimum absolute atomic E-state index is 0.0989. The number of carbonyl (C=O) groups excluding carboxylic acids is 2. The van der Waals surface area contributed by atoms with Crippen LogP contribution in [0.3, 0.4) is 0 Å². The molecule has 0 fully saturated rings. The molecule has 1 rings (SSSR count). The van der Waals surface area contributed by atoms with Crippen molar-refractivity contribution in [3.8, 4) is 0 Å². The molecule has 0 atom stereocenters. The molecule has 0 saturated carbocycles. The fourth-order valence-electron chi connectivity index (χ4n) is 1.98. The average Bonchev–Trinajstić information content (AvgIpc) is 2.43. The third-order valence-corrected chi connectivity index (χ3v) is 3.05. The maximum atomic E-state index is 12.0. The van der Waals surface area contributed by atoms with E-state index < -0.39 is 16.2 Å². The summed E-state index contributed by atoms with van der Waals surface area (Å²) in [6, 6.07) is 4.35. The van der Waals surface area contributed by atoms with E-state index in [0.29, 0.717) is 12.1 Å². The van der Waals surface area contributed by atoms with Crippen LogP contribution < -0.4 is 10.6 Å². The van der Waals surface area contributed by atoms with Gasteiger partial charge in [-0.25, -0.2) is 0 Å². The molecule has 0 heterocycles. The predicted molar refractivity (Wildman–Crippen MR) is 82.8 cm³/mol. The molecule has 0 aromatic heterocycles. The molecule has 0 aliphatic carbocycles. The van der Waals surface area contributed by atoms with Gasteiger partial charge in [0, 0.05) is 23.7 Å². The zero-order chi connectivity index (χ0) is 16.9. The van der Waals surface area contributed by atoms with E-state index in [1.807, 2.05) is 20.8 Å². The predicted octanol–water partition coefficient (Wildman–Crippen LogP) is 1.76. The monoisotopic (exact) mass is 307 g/mol. The van der Waals surface area contributed by atoms with E-state index in [4.69, 9.17) is 0 Å². The molecule has 0 saturated heterocycles. The zero-order valence-corrected chi connectivity index (χ0v) is 13.2. The van der Waals surface area contributed by atoms with Gasteiger partial charge in [0.15, 0.2) is 0 Å². The first-order valence-electron chi connectivity index (χ1n) is 7.00. The van der Waals surface area contributed by atoms with Gasteiger partial charge in [0.25, 0.3) is 11.6 Å². The van der Waals surface area contributed by atoms with Crippen molar-refractivity contribution >= 4 is 17.5 Å². The van der Waals surface area contributed by atoms with Crippen LogP contribution in [0.1, 0.15) is 43.6 Å². The Hall–Kier alpha value is -2.44. The van der Waals surface area contributed by atoms with Gasteiger partial charge in [-0.2, -0.15) is 0 Å². The van der Waals surface area contributed by atoms with Gasteiger partial charge in [-0.1, -0.05) is 26.8 Å². The zero-order valence-electron chi connectivity index (χ0n) is 13.2. The molecule has 1 aromatic rings. The van der Waals surface area contributed by atoms with Crippen molar-refractivity contribution in [3.05, 3.63) is 39.4 Å². The van der Waals surface area contributed by atoms with E-state index in [0.717, 1.165) is 0 Å². The maximum absolute atomic E-state index is 12.0. The molecule has 1 aromatic carbocycles. The summed E-state index contributed by atoms with van der Waals surface area (Å²) in [5.74, 6) is -0.827. The van der Waals surface area contributed by atoms with E-state index in [-0.39, 0.29) is 23.7 Å². The Balaban J connectivity index is 2.97. The van der Waals surface area contributed by atoms with Crippen molar-refractivity contribution in [2.45, 2.75) is 33.1 Å². The molecule has 0 bridgehead atoms. The number of carbonyl (C=O) groups is 2. The second-order valence-electron chi connectivity index (χ2n) is 5.88. The standard InChI is InChI=1S/C15H21N3O4/c1-5-16-13(19)9-17-14(20)10-6-7-11(15(2,3)4)12(8-10)18(21)22/h6-8H,5,9H2,1-4H3,(H,16,19)(H,17,20). The Kier molecular flexibility index (Phi) is 5.62. The molecule has 0 spiro atoms. The SMILES string of the molecule is CCNC(=O)CNC(=O)c1ccc(C(C)(C)C)c([N+](=O)[O-])c1. The first kappa shape index (κ1) is 17.6. The summed E-state index contributed by atoms with van der Waals surface area (Å²) in [5.41, 5.74) is 0.207. The first-order chi connectivity index (χ1) is 10.2. The maximum Gasteiger partial charge on any atom is 0.273 e. The van der Waals surface area contributed by atoms with Gasteiger partial charge in [-0.15, -0.1) is 0 Å². The van der Waals surface area contributed by atoms with Gasteiger partial charge in [-0.3, -0.25) is 19.7 Å². The molecule has 0 aliphatic heterocycles. The number of nitrogens with zero attached hydrogens (tertiary/aromatic N) is 1. The molecule has 0 unspecified atom stereocenters. The summed E-state index contributed by atoms with van der Waals surface area (Å²) in [7, 11) is 0. The highest BCUT2D eigenvalue weighted by molar-refractivity contribution is 5.97. The number of nitro benzene ring substituents is 1. The van der Waals surface area contributed by atoms with Gasteiger partial charge >= 0.3 is 0 Å². The van der Waals surface area contributed by atoms with Crippen LogP contribution in [0.15, 0.2) is 18.2 Å². The van der Waals surface area contributed by atoms with E-state index in [2.05, 4.69) is 10.6 Å². The molecular formula is C15H21N3O4. The van der Waals surface area contributed by atoms with E-state index in [1.54, 1.807) is 13.0 Å². The molecule has 120 valence electrons. The minimum atomic E-state index is -0.519. The van der Waals surface area contributed by atoms with Crippen LogP contribution in [-0.4, -0.2) is 29.8 Å². The van der Waals surface area contributed by atoms with Crippen LogP contribution in [0.25, 0.3) is 0 Å². The summed E-state index contributed by atoms with van der Waals surface area (Å²) >= 11 is 0. The molecule has 0 aliphatic rings. The van der Waals surface area contributed by atoms with Crippen LogP contribution in [0.2, 0.25) is 0 Å². The molecule has 2 amide bonds. The average molecular weight is 307 g/mol. The van der Waals surface area contributed by atoms with Crippen LogP contribution in [0, 0.1) is 10.1 Å². The summed E-state index contributed by atoms with van der Waals surface area (Å²) < 4.78 is 0. The minimum Gasteiger partial charge on any atom is -0.355 e. The number of nitrogens with one attached hydrogen (secondary N) is 2. The van der Waals surface area contributed by atoms with E-state index in [9.17, 15) is 19.7 Å². The number of likely N-dealkylation sites (N-methyl/N-ethyl adjacent to an activating group) is 1. The van der Waals surface area contributed by atoms with E-state index >= 15 is 0 Å². The summed E-state index contributed by atoms with van der Waals surface area (Å²) in [5, 5.41) is 16.2. The fraction of sp³-hybridized carbons (Fsp3) is 0.467. The van der Waals surface area contributed by atoms with Crippen molar-refractivity contribution in [1.82, 2.24) is 10.6 Å². The topological polar surface area (TPSA) is 101 Å². The highest BCUT2D eigenvalue weighted by Gasteiger charge is 2.26. The number of nitro groups is 1. The molecule has 7 heteroatoms. The Morgan fingerprint density at radius 2 is 1.86 bits per heavy atom. The lowest BCUT2D eigenvalue weighted by Gasteiger charge is -2.19. The number of rotatable bonds is 5. The Labute approximate surface area is 129 Å². The van der Waals surface area contributed by atoms with Gasteiger partial charge in [0.1, 0.15) is 0 Å². The second kappa shape index (κ2) is 7.02. The quantitative estimate of drug-likeness (QED) is 0.639. The van der Waals surface area contributed by atoms with Gasteiger partial charge in [-0.05, 0) is 18.4 Å². The van der Waals surface area contributed by atoms with Crippen LogP contribution in [0.5, 0.6) is 0 Å². The summed E-state index contributed by atoms with van der Waals surface area (Å²) in [6.45, 7) is 7.68.